The van der Waals surface area contributed by atoms with E-state index < -0.39 is 11.9 Å². The van der Waals surface area contributed by atoms with Gasteiger partial charge in [0.25, 0.3) is 0 Å². The molecule has 0 aliphatic heterocycles. The van der Waals surface area contributed by atoms with E-state index in [2.05, 4.69) is 18.2 Å². The Morgan fingerprint density at radius 2 is 1.30 bits per heavy atom. The van der Waals surface area contributed by atoms with Gasteiger partial charge in [-0.05, 0) is 66.1 Å². The van der Waals surface area contributed by atoms with Crippen LogP contribution in [0, 0.1) is 0 Å². The van der Waals surface area contributed by atoms with Crippen LogP contribution in [0.1, 0.15) is 59.2 Å². The molecule has 4 aromatic carbocycles. The van der Waals surface area contributed by atoms with E-state index in [4.69, 9.17) is 14.5 Å². The summed E-state index contributed by atoms with van der Waals surface area (Å²) in [5.74, 6) is -0.682. The fourth-order valence-corrected chi connectivity index (χ4v) is 5.59. The molecule has 7 heteroatoms. The number of ether oxygens (including phenoxy) is 2. The van der Waals surface area contributed by atoms with Crippen LogP contribution in [-0.2, 0) is 24.2 Å². The maximum absolute atomic E-state index is 11.6. The lowest BCUT2D eigenvalue weighted by atomic mass is 9.96. The molecule has 0 spiro atoms. The first kappa shape index (κ1) is 32.9. The second-order valence-corrected chi connectivity index (χ2v) is 11.4. The Morgan fingerprint density at radius 1 is 0.617 bits per heavy atom. The molecule has 0 bridgehead atoms. The van der Waals surface area contributed by atoms with Crippen LogP contribution in [0.3, 0.4) is 0 Å². The molecule has 0 saturated heterocycles. The van der Waals surface area contributed by atoms with E-state index in [1.54, 1.807) is 24.3 Å². The van der Waals surface area contributed by atoms with Gasteiger partial charge in [0, 0.05) is 23.6 Å². The highest BCUT2D eigenvalue weighted by atomic mass is 16.5. The van der Waals surface area contributed by atoms with Crippen LogP contribution in [0.25, 0.3) is 22.4 Å². The Balaban J connectivity index is 1.16. The SMILES string of the molecule is O=C(O)CCc1c(CCCCCCOc2cc(-c3ccccc3)cc(-c3ccccc3)n2)cccc1OCc1ccccc1C(=O)O. The van der Waals surface area contributed by atoms with Crippen LogP contribution >= 0.6 is 0 Å². The zero-order valence-electron chi connectivity index (χ0n) is 26.3. The van der Waals surface area contributed by atoms with Crippen LogP contribution in [-0.4, -0.2) is 33.7 Å². The van der Waals surface area contributed by atoms with Gasteiger partial charge < -0.3 is 19.7 Å². The third-order valence-electron chi connectivity index (χ3n) is 8.02. The van der Waals surface area contributed by atoms with Crippen molar-refractivity contribution in [2.24, 2.45) is 0 Å². The molecular formula is C40H39NO6. The van der Waals surface area contributed by atoms with Gasteiger partial charge in [0.05, 0.1) is 17.9 Å². The summed E-state index contributed by atoms with van der Waals surface area (Å²) in [7, 11) is 0. The minimum atomic E-state index is -1.01. The van der Waals surface area contributed by atoms with Crippen LogP contribution in [0.2, 0.25) is 0 Å². The molecule has 240 valence electrons. The summed E-state index contributed by atoms with van der Waals surface area (Å²) in [4.78, 5) is 27.8. The van der Waals surface area contributed by atoms with Gasteiger partial charge in [-0.15, -0.1) is 0 Å². The quantitative estimate of drug-likeness (QED) is 0.0990. The number of aryl methyl sites for hydroxylation is 1. The molecule has 5 aromatic rings. The highest BCUT2D eigenvalue weighted by molar-refractivity contribution is 5.89. The van der Waals surface area contributed by atoms with Gasteiger partial charge in [0.15, 0.2) is 0 Å². The molecule has 0 radical (unpaired) electrons. The number of unbranched alkanes of at least 4 members (excludes halogenated alkanes) is 3. The maximum atomic E-state index is 11.6. The van der Waals surface area contributed by atoms with E-state index in [1.165, 1.54) is 0 Å². The number of carboxylic acids is 2. The summed E-state index contributed by atoms with van der Waals surface area (Å²) >= 11 is 0. The number of rotatable bonds is 17. The average molecular weight is 630 g/mol. The van der Waals surface area contributed by atoms with Gasteiger partial charge in [0.2, 0.25) is 5.88 Å². The molecule has 0 aliphatic rings. The largest absolute Gasteiger partial charge is 0.489 e. The number of pyridine rings is 1. The van der Waals surface area contributed by atoms with Gasteiger partial charge in [-0.1, -0.05) is 104 Å². The van der Waals surface area contributed by atoms with E-state index in [0.717, 1.165) is 65.6 Å². The Morgan fingerprint density at radius 3 is 2.04 bits per heavy atom. The van der Waals surface area contributed by atoms with Crippen molar-refractivity contribution in [2.45, 2.75) is 51.6 Å². The molecule has 0 fully saturated rings. The summed E-state index contributed by atoms with van der Waals surface area (Å²) in [6, 6.07) is 36.9. The molecule has 0 saturated carbocycles. The van der Waals surface area contributed by atoms with Crippen LogP contribution in [0.5, 0.6) is 11.6 Å². The lowest BCUT2D eigenvalue weighted by molar-refractivity contribution is -0.136. The molecule has 7 nitrogen and oxygen atoms in total. The van der Waals surface area contributed by atoms with E-state index >= 15 is 0 Å². The smallest absolute Gasteiger partial charge is 0.336 e. The van der Waals surface area contributed by atoms with Crippen molar-refractivity contribution < 1.29 is 29.3 Å². The molecule has 0 amide bonds. The maximum Gasteiger partial charge on any atom is 0.336 e. The van der Waals surface area contributed by atoms with E-state index in [-0.39, 0.29) is 18.6 Å². The lowest BCUT2D eigenvalue weighted by Crippen LogP contribution is -2.08. The number of hydrogen-bond acceptors (Lipinski definition) is 5. The van der Waals surface area contributed by atoms with Crippen LogP contribution in [0.4, 0.5) is 0 Å². The number of carboxylic acid groups (broad SMARTS) is 2. The van der Waals surface area contributed by atoms with E-state index in [0.29, 0.717) is 30.2 Å². The lowest BCUT2D eigenvalue weighted by Gasteiger charge is -2.16. The van der Waals surface area contributed by atoms with Gasteiger partial charge >= 0.3 is 11.9 Å². The topological polar surface area (TPSA) is 106 Å². The van der Waals surface area contributed by atoms with Gasteiger partial charge in [-0.25, -0.2) is 9.78 Å². The molecule has 1 aromatic heterocycles. The Kier molecular flexibility index (Phi) is 11.7. The number of carbonyl (C=O) groups is 2. The highest BCUT2D eigenvalue weighted by Crippen LogP contribution is 2.30. The van der Waals surface area contributed by atoms with Crippen molar-refractivity contribution in [1.29, 1.82) is 0 Å². The molecule has 0 unspecified atom stereocenters. The number of aliphatic carboxylic acids is 1. The number of benzene rings is 4. The first-order valence-corrected chi connectivity index (χ1v) is 16.0. The highest BCUT2D eigenvalue weighted by Gasteiger charge is 2.14. The van der Waals surface area contributed by atoms with Crippen LogP contribution in [0.15, 0.2) is 115 Å². The minimum Gasteiger partial charge on any atom is -0.489 e. The first-order valence-electron chi connectivity index (χ1n) is 16.0. The molecule has 5 rings (SSSR count). The molecule has 1 heterocycles. The predicted octanol–water partition coefficient (Wildman–Crippen LogP) is 8.89. The molecule has 0 atom stereocenters. The third kappa shape index (κ3) is 9.53. The van der Waals surface area contributed by atoms with Gasteiger partial charge in [-0.3, -0.25) is 4.79 Å². The monoisotopic (exact) mass is 629 g/mol. The number of nitrogens with zero attached hydrogens (tertiary/aromatic N) is 1. The predicted molar refractivity (Wildman–Crippen MR) is 183 cm³/mol. The summed E-state index contributed by atoms with van der Waals surface area (Å²) in [6.07, 6.45) is 4.92. The van der Waals surface area contributed by atoms with E-state index in [1.807, 2.05) is 72.8 Å². The van der Waals surface area contributed by atoms with Crippen molar-refractivity contribution in [1.82, 2.24) is 4.98 Å². The number of aromatic nitrogens is 1. The summed E-state index contributed by atoms with van der Waals surface area (Å²) < 4.78 is 12.2. The summed E-state index contributed by atoms with van der Waals surface area (Å²) in [5.41, 5.74) is 6.76. The van der Waals surface area contributed by atoms with Crippen molar-refractivity contribution in [2.75, 3.05) is 6.61 Å². The summed E-state index contributed by atoms with van der Waals surface area (Å²) in [6.45, 7) is 0.645. The fraction of sp³-hybridized carbons (Fsp3) is 0.225. The van der Waals surface area contributed by atoms with Crippen molar-refractivity contribution in [3.05, 3.63) is 138 Å². The number of hydrogen-bond donors (Lipinski definition) is 2. The number of aromatic carboxylic acids is 1. The van der Waals surface area contributed by atoms with Gasteiger partial charge in [-0.2, -0.15) is 0 Å². The second kappa shape index (κ2) is 16.8. The molecular weight excluding hydrogens is 590 g/mol. The molecule has 0 aliphatic carbocycles. The zero-order valence-corrected chi connectivity index (χ0v) is 26.3. The minimum absolute atomic E-state index is 0.0120. The molecule has 47 heavy (non-hydrogen) atoms. The van der Waals surface area contributed by atoms with Crippen molar-refractivity contribution >= 4 is 11.9 Å². The van der Waals surface area contributed by atoms with Crippen molar-refractivity contribution in [3.63, 3.8) is 0 Å². The average Bonchev–Trinajstić information content (AvgIpc) is 3.10. The Bertz CT molecular complexity index is 1710. The standard InChI is InChI=1S/C40H39NO6/c42-39(43)24-23-34-30(20-13-22-37(34)47-28-32-19-10-11-21-35(32)40(44)45)16-5-1-2-12-25-46-38-27-33(29-14-6-3-7-15-29)26-36(41-38)31-17-8-4-9-18-31/h3-4,6-11,13-15,17-22,26-27H,1-2,5,12,16,23-25,28H2,(H,42,43)(H,44,45). The van der Waals surface area contributed by atoms with Crippen molar-refractivity contribution in [3.8, 4) is 34.0 Å². The fourth-order valence-electron chi connectivity index (χ4n) is 5.59. The Hall–Kier alpha value is -5.43. The summed E-state index contributed by atoms with van der Waals surface area (Å²) in [5, 5.41) is 18.9. The normalized spacial score (nSPS) is 10.8. The van der Waals surface area contributed by atoms with E-state index in [9.17, 15) is 19.8 Å². The van der Waals surface area contributed by atoms with Crippen LogP contribution < -0.4 is 9.47 Å². The second-order valence-electron chi connectivity index (χ2n) is 11.4. The zero-order chi connectivity index (χ0) is 32.8. The first-order chi connectivity index (χ1) is 23.0. The third-order valence-corrected chi connectivity index (χ3v) is 8.02. The van der Waals surface area contributed by atoms with Gasteiger partial charge in [0.1, 0.15) is 12.4 Å². The Labute approximate surface area is 275 Å². The molecule has 2 N–H and O–H groups in total.